The summed E-state index contributed by atoms with van der Waals surface area (Å²) < 4.78 is 1.79. The molecule has 0 aliphatic rings. The van der Waals surface area contributed by atoms with Crippen molar-refractivity contribution in [2.45, 2.75) is 13.8 Å². The maximum atomic E-state index is 12.1. The summed E-state index contributed by atoms with van der Waals surface area (Å²) in [5, 5.41) is 11.7. The number of para-hydroxylation sites is 2. The minimum atomic E-state index is -0.448. The number of carbonyl (C=O) groups is 1. The van der Waals surface area contributed by atoms with Crippen molar-refractivity contribution in [1.82, 2.24) is 4.57 Å². The van der Waals surface area contributed by atoms with Gasteiger partial charge in [0.1, 0.15) is 0 Å². The molecule has 0 N–H and O–H groups in total. The van der Waals surface area contributed by atoms with Crippen LogP contribution < -0.4 is 0 Å². The highest BCUT2D eigenvalue weighted by molar-refractivity contribution is 6.37. The Morgan fingerprint density at radius 1 is 1.08 bits per heavy atom. The number of ketones is 1. The van der Waals surface area contributed by atoms with Crippen LogP contribution in [0.15, 0.2) is 54.6 Å². The fraction of sp³-hybridized carbons (Fsp3) is 0.105. The fourth-order valence-corrected chi connectivity index (χ4v) is 3.49. The summed E-state index contributed by atoms with van der Waals surface area (Å²) in [7, 11) is 0. The van der Waals surface area contributed by atoms with Crippen molar-refractivity contribution in [3.63, 3.8) is 0 Å². The first kappa shape index (κ1) is 16.9. The van der Waals surface area contributed by atoms with E-state index in [1.807, 2.05) is 30.3 Å². The first-order valence-corrected chi connectivity index (χ1v) is 8.02. The second-order valence-electron chi connectivity index (χ2n) is 5.62. The Hall–Kier alpha value is -2.92. The Kier molecular flexibility index (Phi) is 4.42. The number of rotatable bonds is 4. The summed E-state index contributed by atoms with van der Waals surface area (Å²) in [6, 6.07) is 15.7. The average Bonchev–Trinajstić information content (AvgIpc) is 2.86. The lowest BCUT2D eigenvalue weighted by atomic mass is 10.1. The minimum Gasteiger partial charge on any atom is -0.311 e. The zero-order valence-electron chi connectivity index (χ0n) is 13.7. The molecule has 1 heterocycles. The van der Waals surface area contributed by atoms with Crippen molar-refractivity contribution >= 4 is 23.1 Å². The number of hydrogen-bond acceptors (Lipinski definition) is 3. The van der Waals surface area contributed by atoms with E-state index in [1.54, 1.807) is 29.7 Å². The molecule has 25 heavy (non-hydrogen) atoms. The Morgan fingerprint density at radius 3 is 2.28 bits per heavy atom. The largest absolute Gasteiger partial charge is 0.311 e. The maximum absolute atomic E-state index is 12.1. The number of carbonyl (C=O) groups excluding carboxylic acids is 1. The van der Waals surface area contributed by atoms with Gasteiger partial charge in [0.05, 0.1) is 26.8 Å². The first-order valence-electron chi connectivity index (χ1n) is 7.64. The Balaban J connectivity index is 2.44. The zero-order valence-corrected chi connectivity index (χ0v) is 14.4. The summed E-state index contributed by atoms with van der Waals surface area (Å²) in [4.78, 5) is 23.1. The van der Waals surface area contributed by atoms with Crippen LogP contribution in [0.5, 0.6) is 0 Å². The number of nitro groups is 1. The van der Waals surface area contributed by atoms with Crippen LogP contribution in [-0.4, -0.2) is 15.3 Å². The molecule has 0 bridgehead atoms. The summed E-state index contributed by atoms with van der Waals surface area (Å²) in [6.07, 6.45) is 0. The number of hydrogen-bond donors (Lipinski definition) is 0. The van der Waals surface area contributed by atoms with E-state index in [0.717, 1.165) is 5.69 Å². The summed E-state index contributed by atoms with van der Waals surface area (Å²) in [5.41, 5.74) is 2.56. The topological polar surface area (TPSA) is 65.1 Å². The van der Waals surface area contributed by atoms with E-state index in [4.69, 9.17) is 11.6 Å². The molecule has 6 heteroatoms. The van der Waals surface area contributed by atoms with Gasteiger partial charge in [0.25, 0.3) is 5.69 Å². The molecule has 0 saturated heterocycles. The zero-order chi connectivity index (χ0) is 18.1. The van der Waals surface area contributed by atoms with Gasteiger partial charge in [-0.2, -0.15) is 0 Å². The van der Waals surface area contributed by atoms with Crippen molar-refractivity contribution in [3.8, 4) is 16.9 Å². The van der Waals surface area contributed by atoms with Gasteiger partial charge >= 0.3 is 0 Å². The van der Waals surface area contributed by atoms with Gasteiger partial charge < -0.3 is 4.57 Å². The number of Topliss-reactive ketones (excluding diaryl/α,β-unsaturated/α-hetero) is 1. The first-order chi connectivity index (χ1) is 11.9. The SMILES string of the molecule is CC(=O)c1c(Cl)c(-c2ccccc2[N+](=O)[O-])n(-c2ccccc2)c1C. The maximum Gasteiger partial charge on any atom is 0.278 e. The molecule has 0 aliphatic heterocycles. The smallest absolute Gasteiger partial charge is 0.278 e. The van der Waals surface area contributed by atoms with E-state index in [2.05, 4.69) is 0 Å². The molecule has 3 rings (SSSR count). The molecule has 5 nitrogen and oxygen atoms in total. The van der Waals surface area contributed by atoms with Crippen LogP contribution in [0.25, 0.3) is 16.9 Å². The predicted molar refractivity (Wildman–Crippen MR) is 97.6 cm³/mol. The molecule has 0 saturated carbocycles. The van der Waals surface area contributed by atoms with Crippen LogP contribution >= 0.6 is 11.6 Å². The Labute approximate surface area is 149 Å². The van der Waals surface area contributed by atoms with Crippen LogP contribution in [0.1, 0.15) is 23.0 Å². The van der Waals surface area contributed by atoms with Crippen molar-refractivity contribution in [2.24, 2.45) is 0 Å². The highest BCUT2D eigenvalue weighted by atomic mass is 35.5. The highest BCUT2D eigenvalue weighted by Crippen LogP contribution is 2.41. The second-order valence-corrected chi connectivity index (χ2v) is 6.00. The second kappa shape index (κ2) is 6.53. The van der Waals surface area contributed by atoms with Crippen LogP contribution in [0.2, 0.25) is 5.02 Å². The number of nitrogens with zero attached hydrogens (tertiary/aromatic N) is 2. The predicted octanol–water partition coefficient (Wildman–Crippen LogP) is 5.22. The normalized spacial score (nSPS) is 10.7. The van der Waals surface area contributed by atoms with Gasteiger partial charge in [-0.05, 0) is 32.0 Å². The molecule has 3 aromatic rings. The van der Waals surface area contributed by atoms with E-state index in [9.17, 15) is 14.9 Å². The molecule has 0 unspecified atom stereocenters. The third-order valence-corrected chi connectivity index (χ3v) is 4.44. The van der Waals surface area contributed by atoms with Gasteiger partial charge in [-0.25, -0.2) is 0 Å². The van der Waals surface area contributed by atoms with Crippen molar-refractivity contribution in [3.05, 3.63) is 81.0 Å². The molecule has 0 radical (unpaired) electrons. The van der Waals surface area contributed by atoms with Crippen LogP contribution in [0.4, 0.5) is 5.69 Å². The monoisotopic (exact) mass is 354 g/mol. The van der Waals surface area contributed by atoms with E-state index in [0.29, 0.717) is 22.5 Å². The molecule has 1 aromatic heterocycles. The third-order valence-electron chi connectivity index (χ3n) is 4.07. The van der Waals surface area contributed by atoms with Gasteiger partial charge in [-0.1, -0.05) is 41.9 Å². The minimum absolute atomic E-state index is 0.0609. The molecular weight excluding hydrogens is 340 g/mol. The van der Waals surface area contributed by atoms with Gasteiger partial charge in [0.2, 0.25) is 0 Å². The standard InChI is InChI=1S/C19H15ClN2O3/c1-12-17(13(2)23)18(20)19(21(12)14-8-4-3-5-9-14)15-10-6-7-11-16(15)22(24)25/h3-11H,1-2H3. The Morgan fingerprint density at radius 2 is 1.68 bits per heavy atom. The van der Waals surface area contributed by atoms with Gasteiger partial charge in [-0.3, -0.25) is 14.9 Å². The summed E-state index contributed by atoms with van der Waals surface area (Å²) >= 11 is 6.53. The quantitative estimate of drug-likeness (QED) is 0.366. The van der Waals surface area contributed by atoms with Crippen molar-refractivity contribution < 1.29 is 9.72 Å². The van der Waals surface area contributed by atoms with Gasteiger partial charge in [0.15, 0.2) is 5.78 Å². The van der Waals surface area contributed by atoms with Gasteiger partial charge in [0, 0.05) is 17.4 Å². The van der Waals surface area contributed by atoms with Crippen molar-refractivity contribution in [1.29, 1.82) is 0 Å². The van der Waals surface area contributed by atoms with E-state index in [1.165, 1.54) is 13.0 Å². The number of halogens is 1. The molecule has 2 aromatic carbocycles. The lowest BCUT2D eigenvalue weighted by Crippen LogP contribution is -2.02. The molecule has 0 fully saturated rings. The number of nitro benzene ring substituents is 1. The van der Waals surface area contributed by atoms with Crippen LogP contribution in [0.3, 0.4) is 0 Å². The lowest BCUT2D eigenvalue weighted by Gasteiger charge is -2.12. The van der Waals surface area contributed by atoms with Crippen LogP contribution in [0, 0.1) is 17.0 Å². The number of aromatic nitrogens is 1. The fourth-order valence-electron chi connectivity index (χ4n) is 3.04. The molecule has 0 atom stereocenters. The summed E-state index contributed by atoms with van der Waals surface area (Å²) in [5.74, 6) is -0.183. The molecular formula is C19H15ClN2O3. The highest BCUT2D eigenvalue weighted by Gasteiger charge is 2.27. The molecule has 0 amide bonds. The van der Waals surface area contributed by atoms with Crippen LogP contribution in [-0.2, 0) is 0 Å². The molecule has 0 spiro atoms. The molecule has 0 aliphatic carbocycles. The third kappa shape index (κ3) is 2.83. The lowest BCUT2D eigenvalue weighted by molar-refractivity contribution is -0.384. The average molecular weight is 355 g/mol. The molecule has 126 valence electrons. The Bertz CT molecular complexity index is 978. The van der Waals surface area contributed by atoms with Crippen molar-refractivity contribution in [2.75, 3.05) is 0 Å². The van der Waals surface area contributed by atoms with E-state index in [-0.39, 0.29) is 16.5 Å². The van der Waals surface area contributed by atoms with E-state index >= 15 is 0 Å². The number of benzene rings is 2. The van der Waals surface area contributed by atoms with Gasteiger partial charge in [-0.15, -0.1) is 0 Å². The van der Waals surface area contributed by atoms with E-state index < -0.39 is 4.92 Å². The summed E-state index contributed by atoms with van der Waals surface area (Å²) in [6.45, 7) is 3.22.